The highest BCUT2D eigenvalue weighted by molar-refractivity contribution is 7.85. The largest absolute Gasteiger partial charge is 0.478 e. The first kappa shape index (κ1) is 13.5. The molecule has 1 unspecified atom stereocenters. The molecule has 1 aromatic carbocycles. The summed E-state index contributed by atoms with van der Waals surface area (Å²) in [5.74, 6) is -0.481. The second-order valence-electron chi connectivity index (χ2n) is 4.15. The molecule has 0 fully saturated rings. The van der Waals surface area contributed by atoms with Gasteiger partial charge < -0.3 is 5.11 Å². The van der Waals surface area contributed by atoms with Crippen LogP contribution in [0, 0.1) is 0 Å². The summed E-state index contributed by atoms with van der Waals surface area (Å²) in [7, 11) is 0.712. The molecular weight excluding hydrogens is 264 g/mol. The first-order valence-electron chi connectivity index (χ1n) is 5.75. The summed E-state index contributed by atoms with van der Waals surface area (Å²) in [6.45, 7) is 0. The maximum atomic E-state index is 12.0. The van der Waals surface area contributed by atoms with Gasteiger partial charge in [0.25, 0.3) is 0 Å². The van der Waals surface area contributed by atoms with Crippen molar-refractivity contribution in [2.75, 3.05) is 5.75 Å². The van der Waals surface area contributed by atoms with E-state index in [1.54, 1.807) is 23.0 Å². The van der Waals surface area contributed by atoms with Crippen molar-refractivity contribution >= 4 is 16.8 Å². The average Bonchev–Trinajstić information content (AvgIpc) is 2.82. The van der Waals surface area contributed by atoms with E-state index in [0.717, 1.165) is 5.56 Å². The quantitative estimate of drug-likeness (QED) is 0.899. The lowest BCUT2D eigenvalue weighted by Crippen LogP contribution is -2.02. The first-order chi connectivity index (χ1) is 9.06. The highest BCUT2D eigenvalue weighted by Gasteiger charge is 2.07. The number of carboxylic acid groups (broad SMARTS) is 1. The third-order valence-corrected chi connectivity index (χ3v) is 4.07. The van der Waals surface area contributed by atoms with Crippen LogP contribution in [0.1, 0.15) is 15.9 Å². The van der Waals surface area contributed by atoms with Crippen LogP contribution >= 0.6 is 0 Å². The molecule has 1 aromatic heterocycles. The Bertz CT molecular complexity index is 605. The molecule has 0 aliphatic carbocycles. The fraction of sp³-hybridized carbons (Fsp3) is 0.231. The van der Waals surface area contributed by atoms with Gasteiger partial charge in [-0.2, -0.15) is 5.10 Å². The molecule has 0 saturated heterocycles. The highest BCUT2D eigenvalue weighted by atomic mass is 32.2. The minimum absolute atomic E-state index is 0.202. The fourth-order valence-corrected chi connectivity index (χ4v) is 2.78. The van der Waals surface area contributed by atoms with Gasteiger partial charge >= 0.3 is 5.97 Å². The number of aromatic nitrogens is 2. The zero-order valence-electron chi connectivity index (χ0n) is 10.4. The Hall–Kier alpha value is -1.95. The molecule has 2 aromatic rings. The van der Waals surface area contributed by atoms with Crippen LogP contribution in [-0.2, 0) is 24.3 Å². The molecule has 19 heavy (non-hydrogen) atoms. The minimum atomic E-state index is -1.13. The van der Waals surface area contributed by atoms with Gasteiger partial charge in [-0.25, -0.2) is 4.79 Å². The van der Waals surface area contributed by atoms with Gasteiger partial charge in [0.1, 0.15) is 0 Å². The summed E-state index contributed by atoms with van der Waals surface area (Å²) in [6, 6.07) is 6.14. The molecule has 0 amide bonds. The molecule has 0 aliphatic heterocycles. The number of benzene rings is 1. The Morgan fingerprint density at radius 3 is 2.58 bits per heavy atom. The molecular formula is C13H14N2O3S. The van der Waals surface area contributed by atoms with Crippen molar-refractivity contribution in [2.45, 2.75) is 11.3 Å². The van der Waals surface area contributed by atoms with Crippen LogP contribution in [0.4, 0.5) is 0 Å². The molecule has 5 nitrogen and oxygen atoms in total. The van der Waals surface area contributed by atoms with Crippen molar-refractivity contribution in [3.8, 4) is 0 Å². The lowest BCUT2D eigenvalue weighted by molar-refractivity contribution is 0.0697. The van der Waals surface area contributed by atoms with Crippen LogP contribution in [0.15, 0.2) is 41.6 Å². The first-order valence-corrected chi connectivity index (χ1v) is 7.07. The zero-order valence-corrected chi connectivity index (χ0v) is 11.3. The molecule has 1 N–H and O–H groups in total. The predicted octanol–water partition coefficient (Wildman–Crippen LogP) is 1.47. The summed E-state index contributed by atoms with van der Waals surface area (Å²) >= 11 is 0. The summed E-state index contributed by atoms with van der Waals surface area (Å²) < 4.78 is 13.8. The molecule has 0 radical (unpaired) electrons. The highest BCUT2D eigenvalue weighted by Crippen LogP contribution is 2.11. The van der Waals surface area contributed by atoms with Gasteiger partial charge in [-0.3, -0.25) is 8.89 Å². The van der Waals surface area contributed by atoms with Gasteiger partial charge in [0, 0.05) is 23.9 Å². The van der Waals surface area contributed by atoms with E-state index in [0.29, 0.717) is 17.1 Å². The molecule has 100 valence electrons. The van der Waals surface area contributed by atoms with Gasteiger partial charge in [0.05, 0.1) is 22.6 Å². The third-order valence-electron chi connectivity index (χ3n) is 2.70. The van der Waals surface area contributed by atoms with Crippen LogP contribution in [-0.4, -0.2) is 30.8 Å². The Morgan fingerprint density at radius 2 is 2.05 bits per heavy atom. The lowest BCUT2D eigenvalue weighted by atomic mass is 10.2. The van der Waals surface area contributed by atoms with Gasteiger partial charge in [-0.05, 0) is 36.2 Å². The number of hydrogen-bond donors (Lipinski definition) is 1. The summed E-state index contributed by atoms with van der Waals surface area (Å²) in [5.41, 5.74) is 1.24. The average molecular weight is 278 g/mol. The molecule has 0 bridgehead atoms. The summed E-state index contributed by atoms with van der Waals surface area (Å²) in [5, 5.41) is 12.8. The van der Waals surface area contributed by atoms with Crippen molar-refractivity contribution < 1.29 is 14.1 Å². The van der Waals surface area contributed by atoms with E-state index in [2.05, 4.69) is 5.10 Å². The molecule has 1 atom stereocenters. The summed E-state index contributed by atoms with van der Waals surface area (Å²) in [6.07, 6.45) is 4.33. The standard InChI is InChI=1S/C13H14N2O3S/c1-15-9-10(8-14-15)6-7-19(18)12-4-2-11(3-5-12)13(16)17/h2-5,8-9H,6-7H2,1H3,(H,16,17). The Labute approximate surface area is 113 Å². The van der Waals surface area contributed by atoms with E-state index in [4.69, 9.17) is 5.11 Å². The molecule has 0 spiro atoms. The van der Waals surface area contributed by atoms with Crippen molar-refractivity contribution in [2.24, 2.45) is 7.05 Å². The number of carboxylic acids is 1. The van der Waals surface area contributed by atoms with E-state index in [1.165, 1.54) is 12.1 Å². The van der Waals surface area contributed by atoms with Crippen LogP contribution in [0.5, 0.6) is 0 Å². The van der Waals surface area contributed by atoms with Gasteiger partial charge in [0.2, 0.25) is 0 Å². The number of nitrogens with zero attached hydrogens (tertiary/aromatic N) is 2. The van der Waals surface area contributed by atoms with E-state index in [9.17, 15) is 9.00 Å². The van der Waals surface area contributed by atoms with Crippen molar-refractivity contribution in [1.29, 1.82) is 0 Å². The second-order valence-corrected chi connectivity index (χ2v) is 5.72. The molecule has 0 saturated carbocycles. The van der Waals surface area contributed by atoms with E-state index >= 15 is 0 Å². The van der Waals surface area contributed by atoms with Crippen molar-refractivity contribution in [1.82, 2.24) is 9.78 Å². The predicted molar refractivity (Wildman–Crippen MR) is 71.6 cm³/mol. The number of aryl methyl sites for hydroxylation is 2. The Morgan fingerprint density at radius 1 is 1.37 bits per heavy atom. The van der Waals surface area contributed by atoms with Crippen molar-refractivity contribution in [3.05, 3.63) is 47.8 Å². The smallest absolute Gasteiger partial charge is 0.335 e. The second kappa shape index (κ2) is 5.79. The molecule has 0 aliphatic rings. The normalized spacial score (nSPS) is 12.3. The number of rotatable bonds is 5. The topological polar surface area (TPSA) is 72.2 Å². The monoisotopic (exact) mass is 278 g/mol. The fourth-order valence-electron chi connectivity index (χ4n) is 1.68. The summed E-state index contributed by atoms with van der Waals surface area (Å²) in [4.78, 5) is 11.4. The van der Waals surface area contributed by atoms with E-state index in [-0.39, 0.29) is 5.56 Å². The van der Waals surface area contributed by atoms with Gasteiger partial charge in [-0.15, -0.1) is 0 Å². The van der Waals surface area contributed by atoms with Crippen molar-refractivity contribution in [3.63, 3.8) is 0 Å². The van der Waals surface area contributed by atoms with Crippen LogP contribution in [0.25, 0.3) is 0 Å². The Kier molecular flexibility index (Phi) is 4.11. The Balaban J connectivity index is 1.98. The maximum Gasteiger partial charge on any atom is 0.335 e. The molecule has 6 heteroatoms. The number of hydrogen-bond acceptors (Lipinski definition) is 3. The molecule has 2 rings (SSSR count). The van der Waals surface area contributed by atoms with E-state index in [1.807, 2.05) is 13.2 Å². The lowest BCUT2D eigenvalue weighted by Gasteiger charge is -2.02. The third kappa shape index (κ3) is 3.51. The maximum absolute atomic E-state index is 12.0. The molecule has 1 heterocycles. The van der Waals surface area contributed by atoms with Gasteiger partial charge in [0.15, 0.2) is 0 Å². The van der Waals surface area contributed by atoms with Crippen LogP contribution in [0.2, 0.25) is 0 Å². The zero-order chi connectivity index (χ0) is 13.8. The number of aromatic carboxylic acids is 1. The minimum Gasteiger partial charge on any atom is -0.478 e. The van der Waals surface area contributed by atoms with Crippen LogP contribution < -0.4 is 0 Å². The SMILES string of the molecule is Cn1cc(CCS(=O)c2ccc(C(=O)O)cc2)cn1. The van der Waals surface area contributed by atoms with Crippen LogP contribution in [0.3, 0.4) is 0 Å². The van der Waals surface area contributed by atoms with E-state index < -0.39 is 16.8 Å². The number of carbonyl (C=O) groups is 1. The van der Waals surface area contributed by atoms with Gasteiger partial charge in [-0.1, -0.05) is 0 Å².